The maximum absolute atomic E-state index is 12.4. The highest BCUT2D eigenvalue weighted by atomic mass is 32.2. The second-order valence-corrected chi connectivity index (χ2v) is 7.45. The summed E-state index contributed by atoms with van der Waals surface area (Å²) in [7, 11) is 0. The number of carbonyl (C=O) groups is 1. The van der Waals surface area contributed by atoms with Crippen LogP contribution < -0.4 is 0 Å². The molecule has 1 aromatic heterocycles. The number of ether oxygens (including phenoxy) is 1. The summed E-state index contributed by atoms with van der Waals surface area (Å²) in [5.41, 5.74) is 2.73. The third-order valence-corrected chi connectivity index (χ3v) is 6.38. The molecule has 0 saturated carbocycles. The number of esters is 1. The first-order valence-electron chi connectivity index (χ1n) is 7.45. The van der Waals surface area contributed by atoms with Gasteiger partial charge in [0.15, 0.2) is 0 Å². The largest absolute Gasteiger partial charge is 0.462 e. The lowest BCUT2D eigenvalue weighted by Gasteiger charge is -2.10. The predicted octanol–water partition coefficient (Wildman–Crippen LogP) is 4.53. The van der Waals surface area contributed by atoms with Gasteiger partial charge in [-0.05, 0) is 18.6 Å². The minimum absolute atomic E-state index is 0.274. The Kier molecular flexibility index (Phi) is 5.41. The van der Waals surface area contributed by atoms with E-state index in [0.717, 1.165) is 15.6 Å². The lowest BCUT2D eigenvalue weighted by molar-refractivity contribution is -0.136. The van der Waals surface area contributed by atoms with Crippen molar-refractivity contribution in [1.29, 1.82) is 0 Å². The fourth-order valence-electron chi connectivity index (χ4n) is 2.34. The quantitative estimate of drug-likeness (QED) is 0.602. The number of carbonyl (C=O) groups excluding carboxylic acids is 1. The maximum Gasteiger partial charge on any atom is 0.340 e. The van der Waals surface area contributed by atoms with Gasteiger partial charge in [0.25, 0.3) is 0 Å². The van der Waals surface area contributed by atoms with Crippen LogP contribution >= 0.6 is 23.5 Å². The lowest BCUT2D eigenvalue weighted by atomic mass is 10.1. The Morgan fingerprint density at radius 2 is 2.09 bits per heavy atom. The second-order valence-electron chi connectivity index (χ2n) is 4.95. The first kappa shape index (κ1) is 16.1. The third-order valence-electron chi connectivity index (χ3n) is 3.42. The Hall–Kier alpha value is -1.72. The Balaban J connectivity index is 1.93. The normalized spacial score (nSPS) is 19.4. The SMILES string of the molecule is CCOC(=O)C(=C1SCC(c2ccccc2)S1)c1cccnc1. The molecule has 0 radical (unpaired) electrons. The van der Waals surface area contributed by atoms with E-state index in [0.29, 0.717) is 17.4 Å². The van der Waals surface area contributed by atoms with Crippen LogP contribution in [0.2, 0.25) is 0 Å². The van der Waals surface area contributed by atoms with Crippen molar-refractivity contribution in [2.45, 2.75) is 12.2 Å². The van der Waals surface area contributed by atoms with Crippen molar-refractivity contribution >= 4 is 35.1 Å². The monoisotopic (exact) mass is 343 g/mol. The zero-order valence-electron chi connectivity index (χ0n) is 12.8. The molecule has 118 valence electrons. The van der Waals surface area contributed by atoms with Gasteiger partial charge in [-0.2, -0.15) is 0 Å². The Morgan fingerprint density at radius 1 is 1.26 bits per heavy atom. The van der Waals surface area contributed by atoms with Crippen LogP contribution in [0.25, 0.3) is 5.57 Å². The molecule has 0 spiro atoms. The van der Waals surface area contributed by atoms with E-state index in [1.807, 2.05) is 25.1 Å². The lowest BCUT2D eigenvalue weighted by Crippen LogP contribution is -2.08. The highest BCUT2D eigenvalue weighted by Crippen LogP contribution is 2.52. The molecule has 1 aliphatic rings. The zero-order valence-corrected chi connectivity index (χ0v) is 14.4. The van der Waals surface area contributed by atoms with Crippen molar-refractivity contribution in [1.82, 2.24) is 4.98 Å². The van der Waals surface area contributed by atoms with Crippen LogP contribution in [-0.2, 0) is 9.53 Å². The molecule has 0 bridgehead atoms. The van der Waals surface area contributed by atoms with Crippen LogP contribution in [0.5, 0.6) is 0 Å². The molecule has 5 heteroatoms. The molecule has 1 fully saturated rings. The number of thioether (sulfide) groups is 2. The van der Waals surface area contributed by atoms with E-state index in [9.17, 15) is 4.79 Å². The fourth-order valence-corrected chi connectivity index (χ4v) is 5.36. The van der Waals surface area contributed by atoms with Crippen molar-refractivity contribution in [2.75, 3.05) is 12.4 Å². The molecule has 1 unspecified atom stereocenters. The first-order chi connectivity index (χ1) is 11.3. The summed E-state index contributed by atoms with van der Waals surface area (Å²) < 4.78 is 6.28. The molecule has 0 N–H and O–H groups in total. The average Bonchev–Trinajstić information content (AvgIpc) is 3.07. The number of pyridine rings is 1. The topological polar surface area (TPSA) is 39.2 Å². The van der Waals surface area contributed by atoms with Crippen molar-refractivity contribution in [2.24, 2.45) is 0 Å². The molecule has 2 aromatic rings. The van der Waals surface area contributed by atoms with Gasteiger partial charge < -0.3 is 4.74 Å². The van der Waals surface area contributed by atoms with E-state index in [2.05, 4.69) is 29.2 Å². The van der Waals surface area contributed by atoms with Gasteiger partial charge in [-0.1, -0.05) is 36.4 Å². The molecule has 2 heterocycles. The molecule has 1 aliphatic heterocycles. The van der Waals surface area contributed by atoms with E-state index >= 15 is 0 Å². The molecule has 0 amide bonds. The van der Waals surface area contributed by atoms with Crippen molar-refractivity contribution in [3.8, 4) is 0 Å². The van der Waals surface area contributed by atoms with Crippen LogP contribution in [0.1, 0.15) is 23.3 Å². The van der Waals surface area contributed by atoms with Gasteiger partial charge >= 0.3 is 5.97 Å². The summed E-state index contributed by atoms with van der Waals surface area (Å²) in [4.78, 5) is 16.6. The summed E-state index contributed by atoms with van der Waals surface area (Å²) in [6.07, 6.45) is 3.43. The van der Waals surface area contributed by atoms with Gasteiger partial charge in [-0.25, -0.2) is 4.79 Å². The molecule has 1 saturated heterocycles. The van der Waals surface area contributed by atoms with E-state index in [4.69, 9.17) is 4.74 Å². The van der Waals surface area contributed by atoms with E-state index in [1.165, 1.54) is 5.56 Å². The molecule has 3 rings (SSSR count). The van der Waals surface area contributed by atoms with E-state index in [1.54, 1.807) is 35.9 Å². The van der Waals surface area contributed by atoms with E-state index < -0.39 is 0 Å². The zero-order chi connectivity index (χ0) is 16.1. The highest BCUT2D eigenvalue weighted by Gasteiger charge is 2.29. The van der Waals surface area contributed by atoms with Crippen molar-refractivity contribution < 1.29 is 9.53 Å². The standard InChI is InChI=1S/C18H17NO2S2/c1-2-21-17(20)16(14-9-6-10-19-11-14)18-22-12-15(23-18)13-7-4-3-5-8-13/h3-11,15H,2,12H2,1H3. The number of nitrogens with zero attached hydrogens (tertiary/aromatic N) is 1. The summed E-state index contributed by atoms with van der Waals surface area (Å²) >= 11 is 3.45. The van der Waals surface area contributed by atoms with E-state index in [-0.39, 0.29) is 5.97 Å². The Bertz CT molecular complexity index is 701. The first-order valence-corrected chi connectivity index (χ1v) is 9.32. The summed E-state index contributed by atoms with van der Waals surface area (Å²) in [6, 6.07) is 14.1. The molecule has 1 atom stereocenters. The second kappa shape index (κ2) is 7.70. The maximum atomic E-state index is 12.4. The third kappa shape index (κ3) is 3.79. The van der Waals surface area contributed by atoms with Crippen LogP contribution in [0.3, 0.4) is 0 Å². The molecular weight excluding hydrogens is 326 g/mol. The summed E-state index contributed by atoms with van der Waals surface area (Å²) in [6.45, 7) is 2.19. The molecule has 1 aromatic carbocycles. The van der Waals surface area contributed by atoms with Gasteiger partial charge in [-0.3, -0.25) is 4.98 Å². The Labute approximate surface area is 144 Å². The van der Waals surface area contributed by atoms with Crippen LogP contribution in [0.15, 0.2) is 59.1 Å². The van der Waals surface area contributed by atoms with Gasteiger partial charge in [0.1, 0.15) is 0 Å². The van der Waals surface area contributed by atoms with Gasteiger partial charge in [0, 0.05) is 29.0 Å². The number of hydrogen-bond donors (Lipinski definition) is 0. The Morgan fingerprint density at radius 3 is 2.78 bits per heavy atom. The van der Waals surface area contributed by atoms with Crippen LogP contribution in [-0.4, -0.2) is 23.3 Å². The summed E-state index contributed by atoms with van der Waals surface area (Å²) in [5, 5.41) is 0.359. The minimum Gasteiger partial charge on any atom is -0.462 e. The van der Waals surface area contributed by atoms with Gasteiger partial charge in [-0.15, -0.1) is 23.5 Å². The summed E-state index contributed by atoms with van der Waals surface area (Å²) in [5.74, 6) is 0.678. The van der Waals surface area contributed by atoms with Gasteiger partial charge in [0.05, 0.1) is 16.4 Å². The molecule has 0 aliphatic carbocycles. The van der Waals surface area contributed by atoms with Gasteiger partial charge in [0.2, 0.25) is 0 Å². The van der Waals surface area contributed by atoms with Crippen molar-refractivity contribution in [3.05, 3.63) is 70.2 Å². The van der Waals surface area contributed by atoms with Crippen molar-refractivity contribution in [3.63, 3.8) is 0 Å². The number of hydrogen-bond acceptors (Lipinski definition) is 5. The minimum atomic E-state index is -0.274. The molecule has 23 heavy (non-hydrogen) atoms. The predicted molar refractivity (Wildman–Crippen MR) is 97.0 cm³/mol. The highest BCUT2D eigenvalue weighted by molar-refractivity contribution is 8.25. The fraction of sp³-hybridized carbons (Fsp3) is 0.222. The number of benzene rings is 1. The van der Waals surface area contributed by atoms with Crippen LogP contribution in [0.4, 0.5) is 0 Å². The average molecular weight is 343 g/mol. The smallest absolute Gasteiger partial charge is 0.340 e. The molecule has 3 nitrogen and oxygen atoms in total. The number of rotatable bonds is 4. The number of aromatic nitrogens is 1. The molecular formula is C18H17NO2S2. The van der Waals surface area contributed by atoms with Crippen LogP contribution in [0, 0.1) is 0 Å².